The number of alkyl carbamates (subject to hydrolysis) is 1. The van der Waals surface area contributed by atoms with Crippen LogP contribution < -0.4 is 5.32 Å². The Morgan fingerprint density at radius 2 is 1.63 bits per heavy atom. The van der Waals surface area contributed by atoms with Gasteiger partial charge in [-0.2, -0.15) is 0 Å². The summed E-state index contributed by atoms with van der Waals surface area (Å²) in [6.07, 6.45) is 2.10. The molecule has 1 N–H and O–H groups in total. The number of ether oxygens (including phenoxy) is 1. The maximum absolute atomic E-state index is 12.6. The first-order valence-corrected chi connectivity index (χ1v) is 12.2. The number of pyridine rings is 1. The van der Waals surface area contributed by atoms with E-state index in [1.54, 1.807) is 12.3 Å². The van der Waals surface area contributed by atoms with Crippen molar-refractivity contribution in [1.82, 2.24) is 10.3 Å². The van der Waals surface area contributed by atoms with E-state index in [9.17, 15) is 9.59 Å². The minimum absolute atomic E-state index is 0.0160. The Kier molecular flexibility index (Phi) is 6.64. The molecule has 0 saturated carbocycles. The Morgan fingerprint density at radius 1 is 0.971 bits per heavy atom. The first-order valence-electron chi connectivity index (χ1n) is 11.4. The second-order valence-electron chi connectivity index (χ2n) is 8.32. The first kappa shape index (κ1) is 22.9. The molecule has 1 aliphatic carbocycles. The highest BCUT2D eigenvalue weighted by Crippen LogP contribution is 2.44. The molecule has 0 aliphatic heterocycles. The largest absolute Gasteiger partial charge is 0.449 e. The zero-order valence-corrected chi connectivity index (χ0v) is 20.0. The van der Waals surface area contributed by atoms with Gasteiger partial charge in [0.05, 0.1) is 5.69 Å². The SMILES string of the molecule is Cc1nccc(CNC(=O)OCC2c3ccccc3-c3ccccc32)c1Sc1ccccc1C=O. The van der Waals surface area contributed by atoms with E-state index in [-0.39, 0.29) is 12.5 Å². The molecular formula is C29H24N2O3S. The number of aldehydes is 1. The lowest BCUT2D eigenvalue weighted by Gasteiger charge is -2.16. The quantitative estimate of drug-likeness (QED) is 0.310. The summed E-state index contributed by atoms with van der Waals surface area (Å²) in [5.41, 5.74) is 7.12. The maximum Gasteiger partial charge on any atom is 0.407 e. The van der Waals surface area contributed by atoms with Crippen LogP contribution in [0.4, 0.5) is 4.79 Å². The van der Waals surface area contributed by atoms with Crippen LogP contribution in [0.5, 0.6) is 0 Å². The molecule has 1 amide bonds. The van der Waals surface area contributed by atoms with Crippen LogP contribution in [-0.4, -0.2) is 24.0 Å². The smallest absolute Gasteiger partial charge is 0.407 e. The fraction of sp³-hybridized carbons (Fsp3) is 0.138. The zero-order chi connectivity index (χ0) is 24.2. The average Bonchev–Trinajstić information content (AvgIpc) is 3.21. The van der Waals surface area contributed by atoms with Crippen LogP contribution in [0.3, 0.4) is 0 Å². The molecule has 0 fully saturated rings. The molecule has 0 bridgehead atoms. The number of aromatic nitrogens is 1. The van der Waals surface area contributed by atoms with Gasteiger partial charge in [0.1, 0.15) is 6.61 Å². The molecule has 5 rings (SSSR count). The van der Waals surface area contributed by atoms with Crippen molar-refractivity contribution in [2.45, 2.75) is 29.2 Å². The van der Waals surface area contributed by atoms with Gasteiger partial charge in [-0.15, -0.1) is 0 Å². The molecule has 174 valence electrons. The number of aryl methyl sites for hydroxylation is 1. The Hall–Kier alpha value is -3.90. The van der Waals surface area contributed by atoms with Gasteiger partial charge in [0.25, 0.3) is 0 Å². The van der Waals surface area contributed by atoms with Crippen LogP contribution in [0.25, 0.3) is 11.1 Å². The molecule has 35 heavy (non-hydrogen) atoms. The fourth-order valence-corrected chi connectivity index (χ4v) is 5.55. The predicted octanol–water partition coefficient (Wildman–Crippen LogP) is 6.39. The van der Waals surface area contributed by atoms with Gasteiger partial charge in [0.2, 0.25) is 0 Å². The van der Waals surface area contributed by atoms with E-state index >= 15 is 0 Å². The molecule has 0 unspecified atom stereocenters. The normalized spacial score (nSPS) is 12.0. The molecule has 1 heterocycles. The summed E-state index contributed by atoms with van der Waals surface area (Å²) in [5.74, 6) is 0.0160. The molecule has 5 nitrogen and oxygen atoms in total. The lowest BCUT2D eigenvalue weighted by molar-refractivity contribution is 0.112. The number of carbonyl (C=O) groups excluding carboxylic acids is 2. The summed E-state index contributed by atoms with van der Waals surface area (Å²) in [6.45, 7) is 2.48. The minimum atomic E-state index is -0.467. The third-order valence-corrected chi connectivity index (χ3v) is 7.54. The highest BCUT2D eigenvalue weighted by atomic mass is 32.2. The van der Waals surface area contributed by atoms with Crippen LogP contribution in [-0.2, 0) is 11.3 Å². The monoisotopic (exact) mass is 480 g/mol. The second-order valence-corrected chi connectivity index (χ2v) is 9.37. The van der Waals surface area contributed by atoms with Crippen molar-refractivity contribution in [3.05, 3.63) is 113 Å². The zero-order valence-electron chi connectivity index (χ0n) is 19.2. The number of carbonyl (C=O) groups is 2. The number of benzene rings is 3. The molecule has 3 aromatic carbocycles. The van der Waals surface area contributed by atoms with Crippen LogP contribution in [0.1, 0.15) is 38.7 Å². The van der Waals surface area contributed by atoms with E-state index in [4.69, 9.17) is 4.74 Å². The molecule has 0 spiro atoms. The van der Waals surface area contributed by atoms with Crippen LogP contribution in [0, 0.1) is 6.92 Å². The number of nitrogens with zero attached hydrogens (tertiary/aromatic N) is 1. The molecule has 1 aliphatic rings. The van der Waals surface area contributed by atoms with Gasteiger partial charge in [-0.3, -0.25) is 9.78 Å². The van der Waals surface area contributed by atoms with Crippen molar-refractivity contribution in [3.8, 4) is 11.1 Å². The van der Waals surface area contributed by atoms with Gasteiger partial charge in [-0.1, -0.05) is 78.5 Å². The predicted molar refractivity (Wildman–Crippen MR) is 137 cm³/mol. The second kappa shape index (κ2) is 10.2. The Bertz CT molecular complexity index is 1360. The van der Waals surface area contributed by atoms with E-state index in [2.05, 4.69) is 34.6 Å². The Labute approximate surface area is 208 Å². The van der Waals surface area contributed by atoms with Crippen molar-refractivity contribution in [1.29, 1.82) is 0 Å². The Morgan fingerprint density at radius 3 is 2.34 bits per heavy atom. The fourth-order valence-electron chi connectivity index (χ4n) is 4.48. The number of fused-ring (bicyclic) bond motifs is 3. The topological polar surface area (TPSA) is 68.3 Å². The van der Waals surface area contributed by atoms with Gasteiger partial charge < -0.3 is 10.1 Å². The minimum Gasteiger partial charge on any atom is -0.449 e. The van der Waals surface area contributed by atoms with Crippen molar-refractivity contribution in [3.63, 3.8) is 0 Å². The van der Waals surface area contributed by atoms with E-state index in [0.717, 1.165) is 27.3 Å². The van der Waals surface area contributed by atoms with Gasteiger partial charge >= 0.3 is 6.09 Å². The van der Waals surface area contributed by atoms with Crippen LogP contribution in [0.15, 0.2) is 94.9 Å². The maximum atomic E-state index is 12.6. The van der Waals surface area contributed by atoms with E-state index in [1.807, 2.05) is 55.5 Å². The van der Waals surface area contributed by atoms with Crippen molar-refractivity contribution in [2.24, 2.45) is 0 Å². The Balaban J connectivity index is 1.26. The molecule has 0 radical (unpaired) electrons. The number of nitrogens with one attached hydrogen (secondary N) is 1. The summed E-state index contributed by atoms with van der Waals surface area (Å²) in [6, 6.07) is 25.8. The van der Waals surface area contributed by atoms with Crippen molar-refractivity contribution >= 4 is 24.1 Å². The van der Waals surface area contributed by atoms with E-state index in [1.165, 1.54) is 34.0 Å². The summed E-state index contributed by atoms with van der Waals surface area (Å²) in [5, 5.41) is 2.88. The van der Waals surface area contributed by atoms with Crippen molar-refractivity contribution in [2.75, 3.05) is 6.61 Å². The lowest BCUT2D eigenvalue weighted by Crippen LogP contribution is -2.26. The average molecular weight is 481 g/mol. The standard InChI is InChI=1S/C29H24N2O3S/c1-19-28(35-27-13-7-2-8-21(27)17-32)20(14-15-30-19)16-31-29(33)34-18-26-24-11-5-3-9-22(24)23-10-4-6-12-25(23)26/h2-15,17,26H,16,18H2,1H3,(H,31,33). The number of hydrogen-bond acceptors (Lipinski definition) is 5. The summed E-state index contributed by atoms with van der Waals surface area (Å²) in [4.78, 5) is 30.2. The number of rotatable bonds is 7. The molecule has 6 heteroatoms. The van der Waals surface area contributed by atoms with Gasteiger partial charge in [0, 0.05) is 34.0 Å². The lowest BCUT2D eigenvalue weighted by atomic mass is 9.98. The molecular weight excluding hydrogens is 456 g/mol. The highest BCUT2D eigenvalue weighted by Gasteiger charge is 2.29. The summed E-state index contributed by atoms with van der Waals surface area (Å²) >= 11 is 1.48. The van der Waals surface area contributed by atoms with E-state index in [0.29, 0.717) is 12.1 Å². The number of hydrogen-bond donors (Lipinski definition) is 1. The molecule has 4 aromatic rings. The molecule has 0 saturated heterocycles. The van der Waals surface area contributed by atoms with Crippen molar-refractivity contribution < 1.29 is 14.3 Å². The van der Waals surface area contributed by atoms with Gasteiger partial charge in [-0.25, -0.2) is 4.79 Å². The summed E-state index contributed by atoms with van der Waals surface area (Å²) in [7, 11) is 0. The first-order chi connectivity index (χ1) is 17.2. The third kappa shape index (κ3) is 4.70. The van der Waals surface area contributed by atoms with Crippen LogP contribution >= 0.6 is 11.8 Å². The van der Waals surface area contributed by atoms with Gasteiger partial charge in [0.15, 0.2) is 6.29 Å². The number of amides is 1. The summed E-state index contributed by atoms with van der Waals surface area (Å²) < 4.78 is 5.67. The third-order valence-electron chi connectivity index (χ3n) is 6.19. The van der Waals surface area contributed by atoms with Crippen LogP contribution in [0.2, 0.25) is 0 Å². The highest BCUT2D eigenvalue weighted by molar-refractivity contribution is 7.99. The van der Waals surface area contributed by atoms with Gasteiger partial charge in [-0.05, 0) is 46.9 Å². The molecule has 0 atom stereocenters. The van der Waals surface area contributed by atoms with E-state index < -0.39 is 6.09 Å². The molecule has 1 aromatic heterocycles.